The molecule has 6 atom stereocenters. The van der Waals surface area contributed by atoms with E-state index in [0.29, 0.717) is 12.8 Å². The highest BCUT2D eigenvalue weighted by Crippen LogP contribution is 2.22. The molecule has 0 aliphatic carbocycles. The summed E-state index contributed by atoms with van der Waals surface area (Å²) in [6, 6.07) is 0. The number of carbonyl (C=O) groups is 2. The van der Waals surface area contributed by atoms with E-state index in [1.165, 1.54) is 44.9 Å². The molecule has 0 aromatic rings. The molecule has 0 amide bonds. The molecule has 10 nitrogen and oxygen atoms in total. The van der Waals surface area contributed by atoms with E-state index in [-0.39, 0.29) is 26.1 Å². The Kier molecular flexibility index (Phi) is 35.3. The van der Waals surface area contributed by atoms with Gasteiger partial charge in [-0.3, -0.25) is 9.59 Å². The number of ether oxygens (including phenoxy) is 4. The summed E-state index contributed by atoms with van der Waals surface area (Å²) in [6.07, 6.45) is 44.2. The van der Waals surface area contributed by atoms with Crippen LogP contribution in [0.2, 0.25) is 0 Å². The first-order valence-corrected chi connectivity index (χ1v) is 22.3. The minimum Gasteiger partial charge on any atom is -0.462 e. The fourth-order valence-electron chi connectivity index (χ4n) is 5.88. The maximum Gasteiger partial charge on any atom is 0.306 e. The Labute approximate surface area is 356 Å². The van der Waals surface area contributed by atoms with Crippen LogP contribution in [-0.4, -0.2) is 89.0 Å². The molecule has 10 heteroatoms. The van der Waals surface area contributed by atoms with Gasteiger partial charge in [-0.2, -0.15) is 0 Å². The second-order valence-electron chi connectivity index (χ2n) is 14.8. The van der Waals surface area contributed by atoms with Crippen LogP contribution in [0.1, 0.15) is 142 Å². The van der Waals surface area contributed by atoms with Crippen LogP contribution in [0.25, 0.3) is 0 Å². The molecular weight excluding hydrogens is 749 g/mol. The van der Waals surface area contributed by atoms with E-state index in [4.69, 9.17) is 18.9 Å². The Balaban J connectivity index is 2.44. The Bertz CT molecular complexity index is 1280. The highest BCUT2D eigenvalue weighted by Gasteiger charge is 2.44. The van der Waals surface area contributed by atoms with Crippen molar-refractivity contribution >= 4 is 11.9 Å². The van der Waals surface area contributed by atoms with Crippen LogP contribution < -0.4 is 0 Å². The Morgan fingerprint density at radius 3 is 1.42 bits per heavy atom. The van der Waals surface area contributed by atoms with Crippen LogP contribution in [0, 0.1) is 0 Å². The van der Waals surface area contributed by atoms with Crippen LogP contribution >= 0.6 is 0 Å². The molecule has 1 heterocycles. The third kappa shape index (κ3) is 30.3. The third-order valence-corrected chi connectivity index (χ3v) is 9.45. The molecule has 1 saturated heterocycles. The average molecular weight is 827 g/mol. The van der Waals surface area contributed by atoms with Gasteiger partial charge in [-0.1, -0.05) is 137 Å². The van der Waals surface area contributed by atoms with Gasteiger partial charge in [0.1, 0.15) is 31.0 Å². The minimum atomic E-state index is -1.62. The topological polar surface area (TPSA) is 152 Å². The predicted molar refractivity (Wildman–Crippen MR) is 237 cm³/mol. The summed E-state index contributed by atoms with van der Waals surface area (Å²) < 4.78 is 22.0. The fourth-order valence-corrected chi connectivity index (χ4v) is 5.88. The zero-order chi connectivity index (χ0) is 43.0. The molecule has 0 aromatic carbocycles. The van der Waals surface area contributed by atoms with Gasteiger partial charge in [0.2, 0.25) is 0 Å². The molecule has 0 spiro atoms. The first-order valence-electron chi connectivity index (χ1n) is 22.3. The van der Waals surface area contributed by atoms with Crippen LogP contribution in [0.5, 0.6) is 0 Å². The Hall–Kier alpha value is -3.38. The first-order chi connectivity index (χ1) is 28.8. The summed E-state index contributed by atoms with van der Waals surface area (Å²) in [5.74, 6) is -0.959. The number of unbranched alkanes of at least 4 members (excludes halogenated alkanes) is 8. The molecule has 1 aliphatic rings. The van der Waals surface area contributed by atoms with Crippen molar-refractivity contribution in [1.82, 2.24) is 0 Å². The van der Waals surface area contributed by atoms with E-state index in [9.17, 15) is 30.0 Å². The minimum absolute atomic E-state index is 0.0924. The third-order valence-electron chi connectivity index (χ3n) is 9.45. The van der Waals surface area contributed by atoms with Gasteiger partial charge in [0.05, 0.1) is 13.2 Å². The van der Waals surface area contributed by atoms with E-state index in [1.54, 1.807) is 0 Å². The van der Waals surface area contributed by atoms with Crippen molar-refractivity contribution in [1.29, 1.82) is 0 Å². The van der Waals surface area contributed by atoms with Gasteiger partial charge in [0.15, 0.2) is 12.4 Å². The SMILES string of the molecule is CCCCC/C=C/C/C=C/C/C=C/C/C=C/C/C=C/CCC(=O)O[C@H](COC(=O)CCCC/C=C/C/C=C/C/C=C/CCCCC)CO[C@@H]1O[C@H](CO)[C@H](O)C(O)C1O. The number of hydrogen-bond donors (Lipinski definition) is 4. The van der Waals surface area contributed by atoms with Crippen molar-refractivity contribution in [2.45, 2.75) is 179 Å². The van der Waals surface area contributed by atoms with Crippen LogP contribution in [0.15, 0.2) is 97.2 Å². The van der Waals surface area contributed by atoms with E-state index < -0.39 is 55.4 Å². The molecular formula is C49H78O10. The van der Waals surface area contributed by atoms with Gasteiger partial charge in [-0.25, -0.2) is 0 Å². The van der Waals surface area contributed by atoms with Crippen LogP contribution in [0.4, 0.5) is 0 Å². The number of hydrogen-bond acceptors (Lipinski definition) is 10. The highest BCUT2D eigenvalue weighted by molar-refractivity contribution is 5.70. The average Bonchev–Trinajstić information content (AvgIpc) is 3.23. The fraction of sp³-hybridized carbons (Fsp3) is 0.633. The molecule has 0 saturated carbocycles. The molecule has 2 unspecified atom stereocenters. The van der Waals surface area contributed by atoms with Gasteiger partial charge in [-0.05, 0) is 89.9 Å². The largest absolute Gasteiger partial charge is 0.462 e. The number of rotatable bonds is 35. The molecule has 1 rings (SSSR count). The maximum atomic E-state index is 12.7. The summed E-state index contributed by atoms with van der Waals surface area (Å²) in [5.41, 5.74) is 0. The molecule has 4 N–H and O–H groups in total. The van der Waals surface area contributed by atoms with E-state index in [0.717, 1.165) is 57.8 Å². The summed E-state index contributed by atoms with van der Waals surface area (Å²) in [6.45, 7) is 3.23. The van der Waals surface area contributed by atoms with Gasteiger partial charge in [0, 0.05) is 12.8 Å². The lowest BCUT2D eigenvalue weighted by Gasteiger charge is -2.39. The van der Waals surface area contributed by atoms with Crippen molar-refractivity contribution < 1.29 is 49.0 Å². The normalized spacial score (nSPS) is 20.9. The summed E-state index contributed by atoms with van der Waals surface area (Å²) in [7, 11) is 0. The molecule has 0 bridgehead atoms. The van der Waals surface area contributed by atoms with E-state index >= 15 is 0 Å². The number of allylic oxidation sites excluding steroid dienone is 16. The predicted octanol–water partition coefficient (Wildman–Crippen LogP) is 9.55. The van der Waals surface area contributed by atoms with Gasteiger partial charge < -0.3 is 39.4 Å². The molecule has 1 fully saturated rings. The molecule has 0 radical (unpaired) electrons. The lowest BCUT2D eigenvalue weighted by Crippen LogP contribution is -2.59. The lowest BCUT2D eigenvalue weighted by atomic mass is 9.99. The summed E-state index contributed by atoms with van der Waals surface area (Å²) >= 11 is 0. The monoisotopic (exact) mass is 827 g/mol. The Morgan fingerprint density at radius 2 is 0.966 bits per heavy atom. The lowest BCUT2D eigenvalue weighted by molar-refractivity contribution is -0.305. The number of carbonyl (C=O) groups excluding carboxylic acids is 2. The standard InChI is InChI=1S/C49H78O10/c1-3-5-7-9-11-13-15-17-19-20-21-22-24-26-28-30-32-34-36-38-45(52)58-42(41-57-49-48(55)47(54)46(53)43(39-50)59-49)40-56-44(51)37-35-33-31-29-27-25-23-18-16-14-12-10-8-6-4-2/h11-14,17-19,21-23,26-29,32,34,42-43,46-50,53-55H,3-10,15-16,20,24-25,30-31,33,35-41H2,1-2H3/b13-11+,14-12+,19-17+,22-21+,23-18+,28-26+,29-27+,34-32+/t42-,43-,46+,47?,48?,49-/m1/s1. The molecule has 59 heavy (non-hydrogen) atoms. The van der Waals surface area contributed by atoms with Gasteiger partial charge in [-0.15, -0.1) is 0 Å². The van der Waals surface area contributed by atoms with Crippen molar-refractivity contribution in [2.24, 2.45) is 0 Å². The first kappa shape index (κ1) is 53.6. The maximum absolute atomic E-state index is 12.7. The Morgan fingerprint density at radius 1 is 0.525 bits per heavy atom. The number of aliphatic hydroxyl groups excluding tert-OH is 4. The van der Waals surface area contributed by atoms with Crippen molar-refractivity contribution in [3.8, 4) is 0 Å². The van der Waals surface area contributed by atoms with Gasteiger partial charge in [0.25, 0.3) is 0 Å². The number of aliphatic hydroxyl groups is 4. The molecule has 334 valence electrons. The van der Waals surface area contributed by atoms with Crippen LogP contribution in [0.3, 0.4) is 0 Å². The van der Waals surface area contributed by atoms with Crippen molar-refractivity contribution in [2.75, 3.05) is 19.8 Å². The summed E-state index contributed by atoms with van der Waals surface area (Å²) in [4.78, 5) is 25.3. The molecule has 0 aromatic heterocycles. The highest BCUT2D eigenvalue weighted by atomic mass is 16.7. The second-order valence-corrected chi connectivity index (χ2v) is 14.8. The number of esters is 2. The summed E-state index contributed by atoms with van der Waals surface area (Å²) in [5, 5.41) is 40.0. The smallest absolute Gasteiger partial charge is 0.306 e. The molecule has 1 aliphatic heterocycles. The van der Waals surface area contributed by atoms with E-state index in [2.05, 4.69) is 98.9 Å². The van der Waals surface area contributed by atoms with Crippen LogP contribution in [-0.2, 0) is 28.5 Å². The quantitative estimate of drug-likeness (QED) is 0.0276. The van der Waals surface area contributed by atoms with E-state index in [1.807, 2.05) is 12.2 Å². The van der Waals surface area contributed by atoms with Gasteiger partial charge >= 0.3 is 11.9 Å². The zero-order valence-corrected chi connectivity index (χ0v) is 36.2. The zero-order valence-electron chi connectivity index (χ0n) is 36.2. The van der Waals surface area contributed by atoms with Crippen molar-refractivity contribution in [3.63, 3.8) is 0 Å². The second kappa shape index (κ2) is 38.8. The van der Waals surface area contributed by atoms with Crippen molar-refractivity contribution in [3.05, 3.63) is 97.2 Å².